The van der Waals surface area contributed by atoms with Gasteiger partial charge in [0.25, 0.3) is 6.71 Å². The van der Waals surface area contributed by atoms with Crippen molar-refractivity contribution in [2.24, 2.45) is 0 Å². The fraction of sp³-hybridized carbons (Fsp3) is 0.0233. The molecule has 2 aliphatic heterocycles. The molecule has 0 aromatic heterocycles. The Morgan fingerprint density at radius 2 is 0.804 bits per heavy atom. The van der Waals surface area contributed by atoms with Crippen LogP contribution < -0.4 is 26.2 Å². The van der Waals surface area contributed by atoms with E-state index >= 15 is 0 Å². The van der Waals surface area contributed by atoms with Gasteiger partial charge in [-0.3, -0.25) is 0 Å². The second kappa shape index (κ2) is 9.85. The maximum atomic E-state index is 2.50. The molecule has 46 heavy (non-hydrogen) atoms. The standard InChI is InChI=1S/C43H29BN2/c1-3-15-30(16-4-1)45-38-25-13-11-23-36(38)44-37-24-12-14-26-39(37)46(31-17-5-2-6-18-31)41-28-29(27-40(45)43(41)44)42-34-21-9-7-19-32(34)33-20-8-10-22-35(33)42/h1-28,42H. The Bertz CT molecular complexity index is 2140. The molecular weight excluding hydrogens is 555 g/mol. The predicted molar refractivity (Wildman–Crippen MR) is 193 cm³/mol. The van der Waals surface area contributed by atoms with Crippen molar-refractivity contribution >= 4 is 57.2 Å². The summed E-state index contributed by atoms with van der Waals surface area (Å²) in [5, 5.41) is 0. The minimum Gasteiger partial charge on any atom is -0.311 e. The fourth-order valence-electron chi connectivity index (χ4n) is 8.31. The molecule has 2 heterocycles. The number of fused-ring (bicyclic) bond motifs is 7. The first kappa shape index (κ1) is 25.5. The Balaban J connectivity index is 1.33. The predicted octanol–water partition coefficient (Wildman–Crippen LogP) is 8.93. The maximum Gasteiger partial charge on any atom is 0.252 e. The molecule has 3 aliphatic rings. The topological polar surface area (TPSA) is 6.48 Å². The molecule has 0 bridgehead atoms. The molecule has 0 atom stereocenters. The largest absolute Gasteiger partial charge is 0.311 e. The highest BCUT2D eigenvalue weighted by Gasteiger charge is 2.44. The van der Waals surface area contributed by atoms with Crippen molar-refractivity contribution in [2.75, 3.05) is 9.80 Å². The van der Waals surface area contributed by atoms with Crippen molar-refractivity contribution in [3.63, 3.8) is 0 Å². The zero-order valence-electron chi connectivity index (χ0n) is 25.2. The van der Waals surface area contributed by atoms with E-state index in [1.165, 1.54) is 78.3 Å². The molecule has 214 valence electrons. The van der Waals surface area contributed by atoms with Crippen molar-refractivity contribution in [3.8, 4) is 11.1 Å². The molecule has 0 amide bonds. The molecule has 7 aromatic rings. The van der Waals surface area contributed by atoms with Crippen LogP contribution in [0.2, 0.25) is 0 Å². The summed E-state index contributed by atoms with van der Waals surface area (Å²) in [7, 11) is 0. The normalized spacial score (nSPS) is 13.9. The van der Waals surface area contributed by atoms with E-state index in [0.717, 1.165) is 0 Å². The quantitative estimate of drug-likeness (QED) is 0.191. The Morgan fingerprint density at radius 1 is 0.391 bits per heavy atom. The third kappa shape index (κ3) is 3.54. The molecule has 7 aromatic carbocycles. The third-order valence-corrected chi connectivity index (χ3v) is 10.1. The van der Waals surface area contributed by atoms with E-state index < -0.39 is 0 Å². The lowest BCUT2D eigenvalue weighted by atomic mass is 9.33. The number of anilines is 6. The first-order chi connectivity index (χ1) is 22.9. The van der Waals surface area contributed by atoms with Gasteiger partial charge in [0.1, 0.15) is 0 Å². The number of hydrogen-bond donors (Lipinski definition) is 0. The van der Waals surface area contributed by atoms with E-state index in [9.17, 15) is 0 Å². The number of nitrogens with zero attached hydrogens (tertiary/aromatic N) is 2. The van der Waals surface area contributed by atoms with Crippen LogP contribution in [-0.4, -0.2) is 6.71 Å². The zero-order valence-corrected chi connectivity index (χ0v) is 25.2. The summed E-state index contributed by atoms with van der Waals surface area (Å²) < 4.78 is 0. The molecule has 10 rings (SSSR count). The van der Waals surface area contributed by atoms with Gasteiger partial charge in [0.05, 0.1) is 0 Å². The third-order valence-electron chi connectivity index (χ3n) is 10.1. The molecule has 2 nitrogen and oxygen atoms in total. The molecule has 0 spiro atoms. The van der Waals surface area contributed by atoms with Gasteiger partial charge in [-0.1, -0.05) is 121 Å². The van der Waals surface area contributed by atoms with Gasteiger partial charge in [0.2, 0.25) is 0 Å². The second-order valence-electron chi connectivity index (χ2n) is 12.5. The Morgan fingerprint density at radius 3 is 1.30 bits per heavy atom. The summed E-state index contributed by atoms with van der Waals surface area (Å²) in [5.41, 5.74) is 18.1. The zero-order chi connectivity index (χ0) is 30.2. The number of rotatable bonds is 3. The number of para-hydroxylation sites is 4. The highest BCUT2D eigenvalue weighted by molar-refractivity contribution is 7.00. The van der Waals surface area contributed by atoms with Crippen molar-refractivity contribution in [2.45, 2.75) is 5.92 Å². The van der Waals surface area contributed by atoms with Crippen LogP contribution >= 0.6 is 0 Å². The van der Waals surface area contributed by atoms with E-state index in [-0.39, 0.29) is 12.6 Å². The second-order valence-corrected chi connectivity index (χ2v) is 12.5. The highest BCUT2D eigenvalue weighted by atomic mass is 15.2. The summed E-state index contributed by atoms with van der Waals surface area (Å²) in [5.74, 6) is 0.136. The van der Waals surface area contributed by atoms with Crippen LogP contribution in [0, 0.1) is 0 Å². The monoisotopic (exact) mass is 584 g/mol. The van der Waals surface area contributed by atoms with Gasteiger partial charge < -0.3 is 9.80 Å². The lowest BCUT2D eigenvalue weighted by Crippen LogP contribution is -2.61. The minimum atomic E-state index is 0.120. The van der Waals surface area contributed by atoms with Crippen molar-refractivity contribution in [1.82, 2.24) is 0 Å². The Labute approximate surface area is 269 Å². The molecule has 0 saturated heterocycles. The van der Waals surface area contributed by atoms with E-state index in [2.05, 4.69) is 180 Å². The van der Waals surface area contributed by atoms with Gasteiger partial charge in [-0.2, -0.15) is 0 Å². The van der Waals surface area contributed by atoms with Crippen LogP contribution in [0.4, 0.5) is 34.1 Å². The molecule has 0 radical (unpaired) electrons. The van der Waals surface area contributed by atoms with Crippen LogP contribution in [0.25, 0.3) is 11.1 Å². The maximum absolute atomic E-state index is 2.50. The smallest absolute Gasteiger partial charge is 0.252 e. The van der Waals surface area contributed by atoms with Crippen LogP contribution in [0.3, 0.4) is 0 Å². The fourth-order valence-corrected chi connectivity index (χ4v) is 8.31. The summed E-state index contributed by atoms with van der Waals surface area (Å²) in [4.78, 5) is 5.00. The average Bonchev–Trinajstić information content (AvgIpc) is 3.46. The van der Waals surface area contributed by atoms with Gasteiger partial charge in [-0.25, -0.2) is 0 Å². The molecule has 0 unspecified atom stereocenters. The van der Waals surface area contributed by atoms with Crippen LogP contribution in [0.5, 0.6) is 0 Å². The first-order valence-electron chi connectivity index (χ1n) is 16.1. The first-order valence-corrected chi connectivity index (χ1v) is 16.1. The van der Waals surface area contributed by atoms with Crippen LogP contribution in [0.1, 0.15) is 22.6 Å². The van der Waals surface area contributed by atoms with Crippen LogP contribution in [-0.2, 0) is 0 Å². The van der Waals surface area contributed by atoms with E-state index in [0.29, 0.717) is 0 Å². The molecule has 1 aliphatic carbocycles. The highest BCUT2D eigenvalue weighted by Crippen LogP contribution is 2.51. The summed E-state index contributed by atoms with van der Waals surface area (Å²) in [6, 6.07) is 62.7. The van der Waals surface area contributed by atoms with Gasteiger partial charge in [-0.15, -0.1) is 0 Å². The number of hydrogen-bond acceptors (Lipinski definition) is 2. The molecular formula is C43H29BN2. The number of benzene rings is 7. The van der Waals surface area contributed by atoms with E-state index in [1.807, 2.05) is 0 Å². The van der Waals surface area contributed by atoms with Crippen LogP contribution in [0.15, 0.2) is 170 Å². The summed E-state index contributed by atoms with van der Waals surface area (Å²) in [6.07, 6.45) is 0. The molecule has 0 N–H and O–H groups in total. The van der Waals surface area contributed by atoms with Gasteiger partial charge in [0, 0.05) is 40.0 Å². The summed E-state index contributed by atoms with van der Waals surface area (Å²) in [6.45, 7) is 0.120. The Kier molecular flexibility index (Phi) is 5.47. The summed E-state index contributed by atoms with van der Waals surface area (Å²) >= 11 is 0. The van der Waals surface area contributed by atoms with Gasteiger partial charge >= 0.3 is 0 Å². The molecule has 3 heteroatoms. The molecule has 0 saturated carbocycles. The van der Waals surface area contributed by atoms with Gasteiger partial charge in [-0.05, 0) is 92.7 Å². The van der Waals surface area contributed by atoms with Crippen molar-refractivity contribution in [3.05, 3.63) is 187 Å². The lowest BCUT2D eigenvalue weighted by Gasteiger charge is -2.44. The molecule has 0 fully saturated rings. The SMILES string of the molecule is c1ccc(N2c3ccccc3B3c4ccccc4N(c4ccccc4)c4cc(C5c6ccccc6-c6ccccc65)cc2c43)cc1. The minimum absolute atomic E-state index is 0.120. The van der Waals surface area contributed by atoms with E-state index in [1.54, 1.807) is 0 Å². The van der Waals surface area contributed by atoms with Gasteiger partial charge in [0.15, 0.2) is 0 Å². The lowest BCUT2D eigenvalue weighted by molar-refractivity contribution is 1.01. The van der Waals surface area contributed by atoms with E-state index in [4.69, 9.17) is 0 Å². The Hall–Kier alpha value is -5.80. The van der Waals surface area contributed by atoms with Crippen molar-refractivity contribution in [1.29, 1.82) is 0 Å². The average molecular weight is 585 g/mol. The van der Waals surface area contributed by atoms with Crippen molar-refractivity contribution < 1.29 is 0 Å².